The van der Waals surface area contributed by atoms with Gasteiger partial charge in [-0.25, -0.2) is 0 Å². The molecule has 2 rings (SSSR count). The summed E-state index contributed by atoms with van der Waals surface area (Å²) in [6, 6.07) is 12.1. The van der Waals surface area contributed by atoms with E-state index in [0.29, 0.717) is 16.9 Å². The molecule has 0 atom stereocenters. The Balaban J connectivity index is 2.02. The third kappa shape index (κ3) is 5.01. The van der Waals surface area contributed by atoms with E-state index >= 15 is 0 Å². The van der Waals surface area contributed by atoms with E-state index < -0.39 is 0 Å². The fourth-order valence-electron chi connectivity index (χ4n) is 2.16. The van der Waals surface area contributed by atoms with Crippen LogP contribution in [0.2, 0.25) is 0 Å². The Bertz CT molecular complexity index is 744. The Hall–Kier alpha value is -3.02. The number of hydrogen-bond acceptors (Lipinski definition) is 4. The molecule has 0 fully saturated rings. The van der Waals surface area contributed by atoms with Gasteiger partial charge in [-0.15, -0.1) is 0 Å². The predicted molar refractivity (Wildman–Crippen MR) is 90.4 cm³/mol. The molecular weight excluding hydrogens is 306 g/mol. The number of anilines is 1. The lowest BCUT2D eigenvalue weighted by Crippen LogP contribution is -2.36. The second kappa shape index (κ2) is 8.01. The molecule has 2 aromatic rings. The van der Waals surface area contributed by atoms with Crippen LogP contribution in [-0.2, 0) is 16.1 Å². The van der Waals surface area contributed by atoms with Gasteiger partial charge in [0.25, 0.3) is 0 Å². The number of Topliss-reactive ketones (excluding diaryl/α,β-unsaturated/α-hetero) is 1. The molecule has 0 spiro atoms. The number of benzene rings is 1. The Morgan fingerprint density at radius 2 is 1.88 bits per heavy atom. The van der Waals surface area contributed by atoms with Crippen LogP contribution >= 0.6 is 0 Å². The van der Waals surface area contributed by atoms with Gasteiger partial charge in [-0.2, -0.15) is 0 Å². The van der Waals surface area contributed by atoms with E-state index in [1.54, 1.807) is 42.6 Å². The highest BCUT2D eigenvalue weighted by atomic mass is 16.2. The molecule has 1 heterocycles. The van der Waals surface area contributed by atoms with Crippen molar-refractivity contribution < 1.29 is 14.4 Å². The molecule has 1 aromatic heterocycles. The van der Waals surface area contributed by atoms with Gasteiger partial charge >= 0.3 is 0 Å². The van der Waals surface area contributed by atoms with Crippen molar-refractivity contribution >= 4 is 23.3 Å². The normalized spacial score (nSPS) is 10.1. The number of pyridine rings is 1. The van der Waals surface area contributed by atoms with Crippen LogP contribution in [0.5, 0.6) is 0 Å². The second-order valence-electron chi connectivity index (χ2n) is 5.38. The Kier molecular flexibility index (Phi) is 5.78. The molecule has 2 amide bonds. The lowest BCUT2D eigenvalue weighted by atomic mass is 10.1. The summed E-state index contributed by atoms with van der Waals surface area (Å²) in [5.74, 6) is -0.623. The molecule has 6 heteroatoms. The van der Waals surface area contributed by atoms with Crippen LogP contribution in [0.3, 0.4) is 0 Å². The minimum absolute atomic E-state index is 0.0772. The molecule has 124 valence electrons. The Labute approximate surface area is 140 Å². The number of nitrogens with one attached hydrogen (secondary N) is 1. The number of carbonyl (C=O) groups excluding carboxylic acids is 3. The summed E-state index contributed by atoms with van der Waals surface area (Å²) in [6.07, 6.45) is 1.64. The van der Waals surface area contributed by atoms with E-state index in [0.717, 1.165) is 0 Å². The number of aromatic nitrogens is 1. The maximum absolute atomic E-state index is 12.2. The van der Waals surface area contributed by atoms with Gasteiger partial charge in [-0.05, 0) is 31.2 Å². The largest absolute Gasteiger partial charge is 0.328 e. The molecule has 0 saturated carbocycles. The van der Waals surface area contributed by atoms with E-state index in [-0.39, 0.29) is 30.7 Å². The SMILES string of the molecule is CC(=O)c1cccc(NC(=O)CN(Cc2ccccn2)C(C)=O)c1. The maximum Gasteiger partial charge on any atom is 0.244 e. The quantitative estimate of drug-likeness (QED) is 0.826. The summed E-state index contributed by atoms with van der Waals surface area (Å²) in [7, 11) is 0. The molecule has 0 saturated heterocycles. The molecule has 0 bridgehead atoms. The van der Waals surface area contributed by atoms with Gasteiger partial charge in [0.15, 0.2) is 5.78 Å². The molecule has 1 N–H and O–H groups in total. The van der Waals surface area contributed by atoms with Crippen molar-refractivity contribution in [2.45, 2.75) is 20.4 Å². The summed E-state index contributed by atoms with van der Waals surface area (Å²) in [6.45, 7) is 3.05. The first-order valence-electron chi connectivity index (χ1n) is 7.52. The average molecular weight is 325 g/mol. The summed E-state index contributed by atoms with van der Waals surface area (Å²) in [5, 5.41) is 2.70. The predicted octanol–water partition coefficient (Wildman–Crippen LogP) is 2.27. The van der Waals surface area contributed by atoms with Gasteiger partial charge in [0, 0.05) is 24.4 Å². The van der Waals surface area contributed by atoms with Gasteiger partial charge in [-0.3, -0.25) is 19.4 Å². The zero-order valence-corrected chi connectivity index (χ0v) is 13.7. The molecule has 0 unspecified atom stereocenters. The van der Waals surface area contributed by atoms with Crippen molar-refractivity contribution in [1.29, 1.82) is 0 Å². The monoisotopic (exact) mass is 325 g/mol. The molecule has 1 aromatic carbocycles. The highest BCUT2D eigenvalue weighted by Crippen LogP contribution is 2.11. The van der Waals surface area contributed by atoms with Crippen LogP contribution in [0.25, 0.3) is 0 Å². The minimum Gasteiger partial charge on any atom is -0.328 e. The van der Waals surface area contributed by atoms with Crippen LogP contribution < -0.4 is 5.32 Å². The van der Waals surface area contributed by atoms with Gasteiger partial charge in [0.2, 0.25) is 11.8 Å². The van der Waals surface area contributed by atoms with Crippen molar-refractivity contribution in [1.82, 2.24) is 9.88 Å². The van der Waals surface area contributed by atoms with Crippen molar-refractivity contribution in [2.24, 2.45) is 0 Å². The van der Waals surface area contributed by atoms with E-state index in [9.17, 15) is 14.4 Å². The van der Waals surface area contributed by atoms with Crippen LogP contribution in [-0.4, -0.2) is 34.0 Å². The standard InChI is InChI=1S/C18H19N3O3/c1-13(22)15-6-5-8-16(10-15)20-18(24)12-21(14(2)23)11-17-7-3-4-9-19-17/h3-10H,11-12H2,1-2H3,(H,20,24). The number of hydrogen-bond donors (Lipinski definition) is 1. The summed E-state index contributed by atoms with van der Waals surface area (Å²) >= 11 is 0. The third-order valence-electron chi connectivity index (χ3n) is 3.41. The first kappa shape index (κ1) is 17.3. The van der Waals surface area contributed by atoms with E-state index in [1.165, 1.54) is 18.7 Å². The Morgan fingerprint density at radius 3 is 2.50 bits per heavy atom. The van der Waals surface area contributed by atoms with E-state index in [4.69, 9.17) is 0 Å². The number of amides is 2. The number of nitrogens with zero attached hydrogens (tertiary/aromatic N) is 2. The molecule has 0 radical (unpaired) electrons. The number of carbonyl (C=O) groups is 3. The molecule has 0 aliphatic heterocycles. The fraction of sp³-hybridized carbons (Fsp3) is 0.222. The molecule has 6 nitrogen and oxygen atoms in total. The number of rotatable bonds is 6. The maximum atomic E-state index is 12.2. The van der Waals surface area contributed by atoms with Crippen molar-refractivity contribution in [2.75, 3.05) is 11.9 Å². The molecule has 0 aliphatic rings. The minimum atomic E-state index is -0.332. The first-order chi connectivity index (χ1) is 11.5. The molecule has 0 aliphatic carbocycles. The topological polar surface area (TPSA) is 79.4 Å². The molecule has 24 heavy (non-hydrogen) atoms. The van der Waals surface area contributed by atoms with Gasteiger partial charge in [0.05, 0.1) is 12.2 Å². The lowest BCUT2D eigenvalue weighted by Gasteiger charge is -2.20. The van der Waals surface area contributed by atoms with Gasteiger partial charge in [0.1, 0.15) is 6.54 Å². The smallest absolute Gasteiger partial charge is 0.244 e. The zero-order valence-electron chi connectivity index (χ0n) is 13.7. The van der Waals surface area contributed by atoms with E-state index in [2.05, 4.69) is 10.3 Å². The summed E-state index contributed by atoms with van der Waals surface area (Å²) in [4.78, 5) is 40.9. The van der Waals surface area contributed by atoms with Crippen molar-refractivity contribution in [3.8, 4) is 0 Å². The summed E-state index contributed by atoms with van der Waals surface area (Å²) in [5.41, 5.74) is 1.75. The summed E-state index contributed by atoms with van der Waals surface area (Å²) < 4.78 is 0. The van der Waals surface area contributed by atoms with Crippen LogP contribution in [0.1, 0.15) is 29.9 Å². The zero-order chi connectivity index (χ0) is 17.5. The highest BCUT2D eigenvalue weighted by molar-refractivity contribution is 5.98. The van der Waals surface area contributed by atoms with Crippen LogP contribution in [0, 0.1) is 0 Å². The van der Waals surface area contributed by atoms with Crippen molar-refractivity contribution in [3.05, 3.63) is 59.9 Å². The van der Waals surface area contributed by atoms with Gasteiger partial charge < -0.3 is 10.2 Å². The van der Waals surface area contributed by atoms with E-state index in [1.807, 2.05) is 6.07 Å². The van der Waals surface area contributed by atoms with Crippen molar-refractivity contribution in [3.63, 3.8) is 0 Å². The Morgan fingerprint density at radius 1 is 1.08 bits per heavy atom. The lowest BCUT2D eigenvalue weighted by molar-refractivity contribution is -0.133. The molecular formula is C18H19N3O3. The van der Waals surface area contributed by atoms with Crippen LogP contribution in [0.15, 0.2) is 48.7 Å². The fourth-order valence-corrected chi connectivity index (χ4v) is 2.16. The average Bonchev–Trinajstić information content (AvgIpc) is 2.55. The second-order valence-corrected chi connectivity index (χ2v) is 5.38. The third-order valence-corrected chi connectivity index (χ3v) is 3.41. The number of ketones is 1. The highest BCUT2D eigenvalue weighted by Gasteiger charge is 2.15. The van der Waals surface area contributed by atoms with Gasteiger partial charge in [-0.1, -0.05) is 18.2 Å². The first-order valence-corrected chi connectivity index (χ1v) is 7.52. The van der Waals surface area contributed by atoms with Crippen LogP contribution in [0.4, 0.5) is 5.69 Å².